The first-order valence-electron chi connectivity index (χ1n) is 42.0. The van der Waals surface area contributed by atoms with E-state index < -0.39 is 0 Å². The molecular formula is C108H186. The molecule has 0 fully saturated rings. The van der Waals surface area contributed by atoms with E-state index in [0.29, 0.717) is 48.7 Å². The molecule has 108 heavy (non-hydrogen) atoms. The van der Waals surface area contributed by atoms with E-state index in [2.05, 4.69) is 443 Å². The first-order valence-corrected chi connectivity index (χ1v) is 42.0. The van der Waals surface area contributed by atoms with Gasteiger partial charge in [0.15, 0.2) is 0 Å². The van der Waals surface area contributed by atoms with Crippen LogP contribution >= 0.6 is 0 Å². The van der Waals surface area contributed by atoms with Gasteiger partial charge in [0, 0.05) is 0 Å². The molecule has 2 aliphatic rings. The van der Waals surface area contributed by atoms with Crippen LogP contribution in [-0.4, -0.2) is 0 Å². The van der Waals surface area contributed by atoms with Crippen molar-refractivity contribution in [2.45, 2.75) is 358 Å². The lowest BCUT2D eigenvalue weighted by molar-refractivity contribution is 0.469. The molecule has 0 nitrogen and oxygen atoms in total. The molecule has 8 aromatic carbocycles. The van der Waals surface area contributed by atoms with Crippen LogP contribution in [0.2, 0.25) is 0 Å². The van der Waals surface area contributed by atoms with Crippen molar-refractivity contribution >= 4 is 0 Å². The summed E-state index contributed by atoms with van der Waals surface area (Å²) in [6.45, 7) is 105. The van der Waals surface area contributed by atoms with Gasteiger partial charge >= 0.3 is 0 Å². The average Bonchev–Trinajstić information content (AvgIpc) is 1.65. The van der Waals surface area contributed by atoms with Gasteiger partial charge in [-0.15, -0.1) is 0 Å². The predicted molar refractivity (Wildman–Crippen MR) is 512 cm³/mol. The molecule has 0 bridgehead atoms. The molecule has 0 radical (unpaired) electrons. The lowest BCUT2D eigenvalue weighted by atomic mass is 9.87. The van der Waals surface area contributed by atoms with Gasteiger partial charge in [-0.2, -0.15) is 0 Å². The second kappa shape index (κ2) is 65.5. The summed E-state index contributed by atoms with van der Waals surface area (Å²) in [6, 6.07) is 74.8. The molecule has 2 aliphatic carbocycles. The summed E-state index contributed by atoms with van der Waals surface area (Å²) in [7, 11) is 0. The largest absolute Gasteiger partial charge is 0.0683 e. The molecule has 0 saturated heterocycles. The Morgan fingerprint density at radius 3 is 0.407 bits per heavy atom. The van der Waals surface area contributed by atoms with Crippen LogP contribution in [0.4, 0.5) is 0 Å². The van der Waals surface area contributed by atoms with E-state index in [1.165, 1.54) is 72.3 Å². The van der Waals surface area contributed by atoms with E-state index in [1.807, 2.05) is 109 Å². The van der Waals surface area contributed by atoms with Gasteiger partial charge in [0.2, 0.25) is 0 Å². The first kappa shape index (κ1) is 120. The van der Waals surface area contributed by atoms with Crippen LogP contribution < -0.4 is 0 Å². The van der Waals surface area contributed by atoms with E-state index in [0.717, 1.165) is 12.8 Å². The molecule has 0 aromatic heterocycles. The Morgan fingerprint density at radius 1 is 0.148 bits per heavy atom. The summed E-state index contributed by atoms with van der Waals surface area (Å²) in [6.07, 6.45) is 2.21. The van der Waals surface area contributed by atoms with E-state index >= 15 is 0 Å². The highest BCUT2D eigenvalue weighted by Gasteiger charge is 2.17. The lowest BCUT2D eigenvalue weighted by Crippen LogP contribution is -2.10. The molecule has 0 unspecified atom stereocenters. The minimum absolute atomic E-state index is 0.293. The van der Waals surface area contributed by atoms with Gasteiger partial charge in [0.25, 0.3) is 0 Å². The van der Waals surface area contributed by atoms with Crippen molar-refractivity contribution in [3.05, 3.63) is 240 Å². The second-order valence-electron chi connectivity index (χ2n) is 38.9. The van der Waals surface area contributed by atoms with Crippen LogP contribution in [0.1, 0.15) is 367 Å². The molecule has 0 heteroatoms. The van der Waals surface area contributed by atoms with Crippen molar-refractivity contribution in [3.63, 3.8) is 0 Å². The molecule has 0 aliphatic heterocycles. The number of fused-ring (bicyclic) bond motifs is 6. The highest BCUT2D eigenvalue weighted by Crippen LogP contribution is 2.37. The Hall–Kier alpha value is -6.24. The Balaban J connectivity index is -0.000000144. The third-order valence-corrected chi connectivity index (χ3v) is 10.2. The van der Waals surface area contributed by atoms with Gasteiger partial charge in [-0.3, -0.25) is 0 Å². The van der Waals surface area contributed by atoms with Gasteiger partial charge in [-0.05, 0) is 134 Å². The zero-order valence-corrected chi connectivity index (χ0v) is 81.6. The van der Waals surface area contributed by atoms with Gasteiger partial charge < -0.3 is 0 Å². The lowest BCUT2D eigenvalue weighted by Gasteiger charge is -2.18. The minimum Gasteiger partial charge on any atom is -0.0683 e. The topological polar surface area (TPSA) is 0 Å². The van der Waals surface area contributed by atoms with Crippen LogP contribution in [0.15, 0.2) is 212 Å². The number of hydrogen-bond acceptors (Lipinski definition) is 0. The standard InChI is InChI=1S/C18H14.2C13H10.C10H14.8C5H12.7C2H6/c1-3-7-15(8-4-1)17-11-13-18(14-12-17)16-9-5-2-6-10-16;2*1-3-7-12-10(5-1)9-11-6-2-4-8-13(11)12;1-10(2,3)9-7-5-4-6-8-9;8*1-5(2,3)4;7*1-2/h1-14H;2*1-8H,9H2;4-8H,1-3H3;8*1-4H3;7*1-2H3. The average molecular weight is 1480 g/mol. The molecule has 0 heterocycles. The zero-order chi connectivity index (χ0) is 87.2. The SMILES string of the molecule is CC.CC.CC.CC.CC.CC.CC.CC(C)(C)C.CC(C)(C)C.CC(C)(C)C.CC(C)(C)C.CC(C)(C)C.CC(C)(C)C.CC(C)(C)C.CC(C)(C)C.CC(C)(C)c1ccccc1.c1ccc(-c2ccc(-c3ccccc3)cc2)cc1.c1ccc2c(c1)Cc1ccccc1-2.c1ccc2c(c1)Cc1ccccc1-2. The van der Waals surface area contributed by atoms with E-state index in [9.17, 15) is 0 Å². The molecule has 0 saturated carbocycles. The third kappa shape index (κ3) is 94.0. The summed E-state index contributed by atoms with van der Waals surface area (Å²) in [5.41, 5.74) is 22.2. The van der Waals surface area contributed by atoms with Gasteiger partial charge in [-0.25, -0.2) is 0 Å². The molecule has 0 spiro atoms. The summed E-state index contributed by atoms with van der Waals surface area (Å²) < 4.78 is 0. The van der Waals surface area contributed by atoms with Crippen LogP contribution in [0, 0.1) is 43.3 Å². The molecular weight excluding hydrogens is 1300 g/mol. The van der Waals surface area contributed by atoms with Crippen molar-refractivity contribution in [2.24, 2.45) is 43.3 Å². The third-order valence-electron chi connectivity index (χ3n) is 10.2. The van der Waals surface area contributed by atoms with Crippen molar-refractivity contribution in [1.29, 1.82) is 0 Å². The van der Waals surface area contributed by atoms with Crippen LogP contribution in [0.5, 0.6) is 0 Å². The quantitative estimate of drug-likeness (QED) is 0.162. The van der Waals surface area contributed by atoms with E-state index in [-0.39, 0.29) is 0 Å². The van der Waals surface area contributed by atoms with Gasteiger partial charge in [0.05, 0.1) is 0 Å². The summed E-state index contributed by atoms with van der Waals surface area (Å²) in [5.74, 6) is 0. The summed E-state index contributed by atoms with van der Waals surface area (Å²) in [5, 5.41) is 0. The Kier molecular flexibility index (Phi) is 72.8. The number of hydrogen-bond donors (Lipinski definition) is 0. The van der Waals surface area contributed by atoms with Crippen LogP contribution in [0.3, 0.4) is 0 Å². The van der Waals surface area contributed by atoms with Crippen molar-refractivity contribution in [3.8, 4) is 44.5 Å². The van der Waals surface area contributed by atoms with E-state index in [1.54, 1.807) is 0 Å². The number of rotatable bonds is 2. The smallest absolute Gasteiger partial charge is 0.00135 e. The Bertz CT molecular complexity index is 2750. The Labute approximate surface area is 681 Å². The normalized spacial score (nSPS) is 10.6. The molecule has 0 atom stereocenters. The van der Waals surface area contributed by atoms with Crippen molar-refractivity contribution < 1.29 is 0 Å². The van der Waals surface area contributed by atoms with Gasteiger partial charge in [-0.1, -0.05) is 552 Å². The number of benzene rings is 8. The zero-order valence-electron chi connectivity index (χ0n) is 81.6. The maximum absolute atomic E-state index is 2.22. The highest BCUT2D eigenvalue weighted by atomic mass is 14.2. The maximum atomic E-state index is 2.22. The molecule has 10 rings (SSSR count). The molecule has 8 aromatic rings. The monoisotopic (exact) mass is 1480 g/mol. The fourth-order valence-electron chi connectivity index (χ4n) is 7.21. The first-order chi connectivity index (χ1) is 49.4. The fraction of sp³-hybridized carbons (Fsp3) is 0.556. The van der Waals surface area contributed by atoms with Crippen molar-refractivity contribution in [1.82, 2.24) is 0 Å². The highest BCUT2D eigenvalue weighted by molar-refractivity contribution is 5.77. The second-order valence-corrected chi connectivity index (χ2v) is 38.9. The van der Waals surface area contributed by atoms with Crippen LogP contribution in [-0.2, 0) is 18.3 Å². The summed E-state index contributed by atoms with van der Waals surface area (Å²) >= 11 is 0. The van der Waals surface area contributed by atoms with Gasteiger partial charge in [0.1, 0.15) is 0 Å². The van der Waals surface area contributed by atoms with Crippen LogP contribution in [0.25, 0.3) is 44.5 Å². The molecule has 0 N–H and O–H groups in total. The Morgan fingerprint density at radius 2 is 0.269 bits per heavy atom. The molecule has 0 amide bonds. The fourth-order valence-corrected chi connectivity index (χ4v) is 7.21. The van der Waals surface area contributed by atoms with Crippen molar-refractivity contribution in [2.75, 3.05) is 0 Å². The minimum atomic E-state index is 0.293. The maximum Gasteiger partial charge on any atom is -0.00135 e. The summed E-state index contributed by atoms with van der Waals surface area (Å²) in [4.78, 5) is 0. The molecule has 618 valence electrons. The van der Waals surface area contributed by atoms with E-state index in [4.69, 9.17) is 0 Å². The predicted octanol–water partition coefficient (Wildman–Crippen LogP) is 38.1.